The highest BCUT2D eigenvalue weighted by Crippen LogP contribution is 2.14. The number of esters is 1. The Hall–Kier alpha value is -2.22. The van der Waals surface area contributed by atoms with Crippen molar-refractivity contribution in [1.82, 2.24) is 10.6 Å². The van der Waals surface area contributed by atoms with E-state index in [0.29, 0.717) is 11.5 Å². The van der Waals surface area contributed by atoms with Gasteiger partial charge in [0.15, 0.2) is 0 Å². The summed E-state index contributed by atoms with van der Waals surface area (Å²) in [5.41, 5.74) is 0.443. The Balaban J connectivity index is 2.62. The molecular formula is C19H28N2O5S. The summed E-state index contributed by atoms with van der Waals surface area (Å²) >= 11 is 1.50. The van der Waals surface area contributed by atoms with E-state index in [0.717, 1.165) is 5.56 Å². The van der Waals surface area contributed by atoms with E-state index in [1.807, 2.05) is 30.3 Å². The van der Waals surface area contributed by atoms with Crippen molar-refractivity contribution in [1.29, 1.82) is 0 Å². The molecule has 0 unspecified atom stereocenters. The second kappa shape index (κ2) is 11.5. The van der Waals surface area contributed by atoms with Gasteiger partial charge in [-0.25, -0.2) is 4.79 Å². The van der Waals surface area contributed by atoms with Crippen LogP contribution in [0.4, 0.5) is 4.79 Å². The molecule has 150 valence electrons. The first kappa shape index (κ1) is 22.8. The van der Waals surface area contributed by atoms with Gasteiger partial charge in [-0.2, -0.15) is 11.8 Å². The van der Waals surface area contributed by atoms with Crippen molar-refractivity contribution in [2.75, 3.05) is 18.9 Å². The van der Waals surface area contributed by atoms with Crippen LogP contribution in [0.25, 0.3) is 0 Å². The summed E-state index contributed by atoms with van der Waals surface area (Å²) in [6, 6.07) is 8.97. The molecule has 8 heteroatoms. The van der Waals surface area contributed by atoms with Gasteiger partial charge in [-0.05, 0) is 33.3 Å². The lowest BCUT2D eigenvalue weighted by atomic mass is 10.2. The van der Waals surface area contributed by atoms with E-state index in [-0.39, 0.29) is 13.2 Å². The van der Waals surface area contributed by atoms with Crippen molar-refractivity contribution < 1.29 is 23.9 Å². The lowest BCUT2D eigenvalue weighted by Gasteiger charge is -2.23. The maximum atomic E-state index is 12.4. The number of carbonyl (C=O) groups is 3. The van der Waals surface area contributed by atoms with E-state index in [4.69, 9.17) is 9.47 Å². The molecule has 1 aromatic carbocycles. The molecule has 0 aromatic heterocycles. The molecule has 0 aliphatic carbocycles. The van der Waals surface area contributed by atoms with Crippen LogP contribution in [0.15, 0.2) is 30.3 Å². The van der Waals surface area contributed by atoms with Crippen molar-refractivity contribution >= 4 is 29.7 Å². The number of ether oxygens (including phenoxy) is 2. The zero-order chi connectivity index (χ0) is 20.3. The number of amides is 2. The summed E-state index contributed by atoms with van der Waals surface area (Å²) in [6.07, 6.45) is -0.681. The van der Waals surface area contributed by atoms with Gasteiger partial charge in [-0.3, -0.25) is 9.59 Å². The third-order valence-electron chi connectivity index (χ3n) is 3.12. The molecule has 2 N–H and O–H groups in total. The molecule has 1 atom stereocenters. The summed E-state index contributed by atoms with van der Waals surface area (Å²) in [5.74, 6) is 0.0367. The minimum Gasteiger partial charge on any atom is -0.465 e. The van der Waals surface area contributed by atoms with Crippen molar-refractivity contribution in [2.24, 2.45) is 0 Å². The summed E-state index contributed by atoms with van der Waals surface area (Å²) in [6.45, 7) is 6.91. The molecule has 27 heavy (non-hydrogen) atoms. The third-order valence-corrected chi connectivity index (χ3v) is 4.22. The lowest BCUT2D eigenvalue weighted by Crippen LogP contribution is -2.50. The summed E-state index contributed by atoms with van der Waals surface area (Å²) < 4.78 is 10.0. The van der Waals surface area contributed by atoms with Gasteiger partial charge >= 0.3 is 12.1 Å². The predicted molar refractivity (Wildman–Crippen MR) is 105 cm³/mol. The highest BCUT2D eigenvalue weighted by Gasteiger charge is 2.24. The van der Waals surface area contributed by atoms with Gasteiger partial charge < -0.3 is 20.1 Å². The highest BCUT2D eigenvalue weighted by atomic mass is 32.2. The van der Waals surface area contributed by atoms with E-state index < -0.39 is 29.6 Å². The topological polar surface area (TPSA) is 93.7 Å². The first-order valence-corrected chi connectivity index (χ1v) is 9.91. The Morgan fingerprint density at radius 2 is 1.81 bits per heavy atom. The van der Waals surface area contributed by atoms with E-state index in [1.165, 1.54) is 11.8 Å². The average molecular weight is 397 g/mol. The molecule has 0 saturated carbocycles. The fraction of sp³-hybridized carbons (Fsp3) is 0.526. The fourth-order valence-electron chi connectivity index (χ4n) is 2.00. The number of rotatable bonds is 9. The Morgan fingerprint density at radius 3 is 2.41 bits per heavy atom. The van der Waals surface area contributed by atoms with Crippen molar-refractivity contribution in [2.45, 2.75) is 45.1 Å². The number of carbonyl (C=O) groups excluding carboxylic acids is 3. The monoisotopic (exact) mass is 396 g/mol. The molecule has 0 radical (unpaired) electrons. The van der Waals surface area contributed by atoms with E-state index in [9.17, 15) is 14.4 Å². The standard InChI is InChI=1S/C19H28N2O5S/c1-5-25-16(22)11-20-17(23)15(21-18(24)26-19(2,3)4)13-27-12-14-9-7-6-8-10-14/h6-10,15H,5,11-13H2,1-4H3,(H,20,23)(H,21,24)/t15-/m0/s1. The molecule has 0 bridgehead atoms. The molecule has 0 aliphatic heterocycles. The molecule has 0 aliphatic rings. The average Bonchev–Trinajstić information content (AvgIpc) is 2.58. The quantitative estimate of drug-likeness (QED) is 0.623. The van der Waals surface area contributed by atoms with Crippen molar-refractivity contribution in [3.63, 3.8) is 0 Å². The number of hydrogen-bond acceptors (Lipinski definition) is 6. The predicted octanol–water partition coefficient (Wildman–Crippen LogP) is 2.49. The second-order valence-corrected chi connectivity index (χ2v) is 7.75. The zero-order valence-corrected chi connectivity index (χ0v) is 17.1. The zero-order valence-electron chi connectivity index (χ0n) is 16.2. The van der Waals surface area contributed by atoms with E-state index in [2.05, 4.69) is 10.6 Å². The van der Waals surface area contributed by atoms with Crippen molar-refractivity contribution in [3.8, 4) is 0 Å². The largest absolute Gasteiger partial charge is 0.465 e. The molecule has 7 nitrogen and oxygen atoms in total. The van der Waals surface area contributed by atoms with Gasteiger partial charge in [0.1, 0.15) is 18.2 Å². The van der Waals surface area contributed by atoms with Gasteiger partial charge in [-0.15, -0.1) is 0 Å². The van der Waals surface area contributed by atoms with Crippen LogP contribution in [0.2, 0.25) is 0 Å². The minimum absolute atomic E-state index is 0.237. The van der Waals surface area contributed by atoms with Gasteiger partial charge in [-0.1, -0.05) is 30.3 Å². The molecule has 0 spiro atoms. The van der Waals surface area contributed by atoms with Crippen LogP contribution in [0.3, 0.4) is 0 Å². The van der Waals surface area contributed by atoms with Crippen LogP contribution in [0, 0.1) is 0 Å². The number of thioether (sulfide) groups is 1. The van der Waals surface area contributed by atoms with Gasteiger partial charge in [0, 0.05) is 11.5 Å². The van der Waals surface area contributed by atoms with Gasteiger partial charge in [0.2, 0.25) is 5.91 Å². The normalized spacial score (nSPS) is 12.0. The van der Waals surface area contributed by atoms with E-state index in [1.54, 1.807) is 27.7 Å². The van der Waals surface area contributed by atoms with Crippen LogP contribution in [-0.4, -0.2) is 48.5 Å². The first-order chi connectivity index (χ1) is 12.7. The molecule has 0 fully saturated rings. The highest BCUT2D eigenvalue weighted by molar-refractivity contribution is 7.98. The summed E-state index contributed by atoms with van der Waals surface area (Å²) in [5, 5.41) is 5.06. The van der Waals surface area contributed by atoms with Crippen LogP contribution in [0.5, 0.6) is 0 Å². The number of alkyl carbamates (subject to hydrolysis) is 1. The minimum atomic E-state index is -0.831. The fourth-order valence-corrected chi connectivity index (χ4v) is 3.01. The summed E-state index contributed by atoms with van der Waals surface area (Å²) in [4.78, 5) is 35.9. The lowest BCUT2D eigenvalue weighted by molar-refractivity contribution is -0.143. The maximum Gasteiger partial charge on any atom is 0.408 e. The maximum absolute atomic E-state index is 12.4. The van der Waals surface area contributed by atoms with Gasteiger partial charge in [0.05, 0.1) is 6.61 Å². The Morgan fingerprint density at radius 1 is 1.15 bits per heavy atom. The molecular weight excluding hydrogens is 368 g/mol. The molecule has 0 heterocycles. The Kier molecular flexibility index (Phi) is 9.71. The van der Waals surface area contributed by atoms with Crippen LogP contribution in [0.1, 0.15) is 33.3 Å². The number of nitrogens with one attached hydrogen (secondary N) is 2. The van der Waals surface area contributed by atoms with Crippen molar-refractivity contribution in [3.05, 3.63) is 35.9 Å². The summed E-state index contributed by atoms with van der Waals surface area (Å²) in [7, 11) is 0. The van der Waals surface area contributed by atoms with E-state index >= 15 is 0 Å². The smallest absolute Gasteiger partial charge is 0.408 e. The number of benzene rings is 1. The molecule has 1 aromatic rings. The SMILES string of the molecule is CCOC(=O)CNC(=O)[C@H](CSCc1ccccc1)NC(=O)OC(C)(C)C. The molecule has 1 rings (SSSR count). The second-order valence-electron chi connectivity index (χ2n) is 6.72. The Labute approximate surface area is 164 Å². The van der Waals surface area contributed by atoms with Gasteiger partial charge in [0.25, 0.3) is 0 Å². The first-order valence-electron chi connectivity index (χ1n) is 8.75. The molecule has 0 saturated heterocycles. The van der Waals surface area contributed by atoms with Crippen LogP contribution < -0.4 is 10.6 Å². The van der Waals surface area contributed by atoms with Crippen LogP contribution in [-0.2, 0) is 24.8 Å². The third kappa shape index (κ3) is 10.5. The molecule has 2 amide bonds. The number of hydrogen-bond donors (Lipinski definition) is 2. The van der Waals surface area contributed by atoms with Crippen LogP contribution >= 0.6 is 11.8 Å². The Bertz CT molecular complexity index is 616.